The van der Waals surface area contributed by atoms with E-state index in [0.717, 1.165) is 18.9 Å². The van der Waals surface area contributed by atoms with Crippen LogP contribution in [0.25, 0.3) is 0 Å². The number of carbonyl (C=O) groups excluding carboxylic acids is 1. The first kappa shape index (κ1) is 22.8. The van der Waals surface area contributed by atoms with Gasteiger partial charge >= 0.3 is 0 Å². The normalized spacial score (nSPS) is 15.3. The molecule has 1 fully saturated rings. The summed E-state index contributed by atoms with van der Waals surface area (Å²) >= 11 is 5.11. The van der Waals surface area contributed by atoms with Crippen LogP contribution >= 0.6 is 12.2 Å². The Hall–Kier alpha value is -2.89. The molecule has 164 valence electrons. The fourth-order valence-electron chi connectivity index (χ4n) is 3.18. The molecule has 0 aromatic heterocycles. The fraction of sp³-hybridized carbons (Fsp3) is 0.300. The molecule has 1 aliphatic heterocycles. The number of hydrogen-bond acceptors (Lipinski definition) is 6. The molecule has 2 N–H and O–H groups in total. The van der Waals surface area contributed by atoms with Gasteiger partial charge in [0, 0.05) is 36.5 Å². The number of carbonyl (C=O) groups is 1. The molecule has 1 heterocycles. The molecular weight excluding hydrogens is 440 g/mol. The third kappa shape index (κ3) is 5.63. The standard InChI is InChI=1S/C20H22N4O5S2/c1-14-9-11-23(12-10-14)31(28,29)18-7-5-16(6-8-18)21-20(30)22-19(25)15-3-2-4-17(13-15)24(26)27/h2-8,13-14H,9-12H2,1H3,(H2,21,22,25,30). The Labute approximate surface area is 185 Å². The van der Waals surface area contributed by atoms with Crippen molar-refractivity contribution in [2.45, 2.75) is 24.7 Å². The van der Waals surface area contributed by atoms with Crippen LogP contribution in [0.4, 0.5) is 11.4 Å². The van der Waals surface area contributed by atoms with E-state index in [9.17, 15) is 23.3 Å². The molecule has 1 saturated heterocycles. The van der Waals surface area contributed by atoms with Crippen LogP contribution in [0.5, 0.6) is 0 Å². The molecule has 0 bridgehead atoms. The Bertz CT molecular complexity index is 1090. The van der Waals surface area contributed by atoms with E-state index in [2.05, 4.69) is 17.6 Å². The minimum absolute atomic E-state index is 0.0165. The third-order valence-electron chi connectivity index (χ3n) is 5.04. The van der Waals surface area contributed by atoms with Gasteiger partial charge in [-0.25, -0.2) is 8.42 Å². The largest absolute Gasteiger partial charge is 0.332 e. The molecule has 2 aromatic rings. The number of benzene rings is 2. The molecule has 0 atom stereocenters. The number of piperidine rings is 1. The Kier molecular flexibility index (Phi) is 6.98. The van der Waals surface area contributed by atoms with E-state index in [-0.39, 0.29) is 21.3 Å². The summed E-state index contributed by atoms with van der Waals surface area (Å²) in [5.41, 5.74) is 0.387. The lowest BCUT2D eigenvalue weighted by Crippen LogP contribution is -2.37. The van der Waals surface area contributed by atoms with E-state index in [1.165, 1.54) is 34.6 Å². The fourth-order valence-corrected chi connectivity index (χ4v) is 4.86. The summed E-state index contributed by atoms with van der Waals surface area (Å²) in [5, 5.41) is 16.1. The van der Waals surface area contributed by atoms with E-state index in [1.54, 1.807) is 12.1 Å². The molecule has 0 unspecified atom stereocenters. The van der Waals surface area contributed by atoms with Crippen LogP contribution in [0.1, 0.15) is 30.1 Å². The molecule has 0 saturated carbocycles. The van der Waals surface area contributed by atoms with E-state index in [0.29, 0.717) is 24.7 Å². The van der Waals surface area contributed by atoms with Crippen LogP contribution in [0.3, 0.4) is 0 Å². The van der Waals surface area contributed by atoms with Crippen LogP contribution in [0, 0.1) is 16.0 Å². The minimum atomic E-state index is -3.55. The molecule has 2 aromatic carbocycles. The predicted molar refractivity (Wildman–Crippen MR) is 120 cm³/mol. The summed E-state index contributed by atoms with van der Waals surface area (Å²) in [6.45, 7) is 3.14. The number of sulfonamides is 1. The first-order chi connectivity index (χ1) is 14.7. The lowest BCUT2D eigenvalue weighted by Gasteiger charge is -2.29. The molecule has 1 amide bonds. The highest BCUT2D eigenvalue weighted by Gasteiger charge is 2.27. The van der Waals surface area contributed by atoms with Gasteiger partial charge in [0.2, 0.25) is 10.0 Å². The quantitative estimate of drug-likeness (QED) is 0.398. The van der Waals surface area contributed by atoms with E-state index in [1.807, 2.05) is 0 Å². The van der Waals surface area contributed by atoms with E-state index < -0.39 is 20.9 Å². The first-order valence-corrected chi connectivity index (χ1v) is 11.5. The van der Waals surface area contributed by atoms with Crippen molar-refractivity contribution in [3.63, 3.8) is 0 Å². The molecule has 0 aliphatic carbocycles. The van der Waals surface area contributed by atoms with E-state index in [4.69, 9.17) is 12.2 Å². The van der Waals surface area contributed by atoms with Gasteiger partial charge in [-0.3, -0.25) is 20.2 Å². The number of nitrogens with one attached hydrogen (secondary N) is 2. The number of thiocarbonyl (C=S) groups is 1. The summed E-state index contributed by atoms with van der Waals surface area (Å²) < 4.78 is 27.1. The van der Waals surface area contributed by atoms with Crippen molar-refractivity contribution in [1.29, 1.82) is 0 Å². The maximum absolute atomic E-state index is 12.8. The number of hydrogen-bond donors (Lipinski definition) is 2. The number of nitro groups is 1. The second-order valence-corrected chi connectivity index (χ2v) is 9.67. The minimum Gasteiger partial charge on any atom is -0.332 e. The number of non-ortho nitro benzene ring substituents is 1. The number of anilines is 1. The van der Waals surface area contributed by atoms with Gasteiger partial charge in [-0.15, -0.1) is 0 Å². The Morgan fingerprint density at radius 1 is 1.16 bits per heavy atom. The average Bonchev–Trinajstić information content (AvgIpc) is 2.74. The Morgan fingerprint density at radius 2 is 1.81 bits per heavy atom. The molecule has 1 aliphatic rings. The topological polar surface area (TPSA) is 122 Å². The lowest BCUT2D eigenvalue weighted by molar-refractivity contribution is -0.384. The van der Waals surface area contributed by atoms with Gasteiger partial charge in [0.05, 0.1) is 9.82 Å². The molecule has 31 heavy (non-hydrogen) atoms. The van der Waals surface area contributed by atoms with Gasteiger partial charge in [-0.2, -0.15) is 4.31 Å². The van der Waals surface area contributed by atoms with Crippen LogP contribution < -0.4 is 10.6 Å². The van der Waals surface area contributed by atoms with Crippen molar-refractivity contribution in [3.8, 4) is 0 Å². The number of nitrogens with zero attached hydrogens (tertiary/aromatic N) is 2. The van der Waals surface area contributed by atoms with Gasteiger partial charge in [-0.1, -0.05) is 13.0 Å². The Morgan fingerprint density at radius 3 is 2.42 bits per heavy atom. The van der Waals surface area contributed by atoms with Crippen LogP contribution in [-0.2, 0) is 10.0 Å². The number of nitro benzene ring substituents is 1. The molecule has 0 spiro atoms. The monoisotopic (exact) mass is 462 g/mol. The molecule has 3 rings (SSSR count). The van der Waals surface area contributed by atoms with Gasteiger partial charge in [0.25, 0.3) is 11.6 Å². The van der Waals surface area contributed by atoms with Gasteiger partial charge in [0.1, 0.15) is 0 Å². The molecule has 11 heteroatoms. The Balaban J connectivity index is 1.62. The second kappa shape index (κ2) is 9.50. The summed E-state index contributed by atoms with van der Waals surface area (Å²) in [6, 6.07) is 11.4. The van der Waals surface area contributed by atoms with Crippen molar-refractivity contribution in [2.75, 3.05) is 18.4 Å². The highest BCUT2D eigenvalue weighted by atomic mass is 32.2. The first-order valence-electron chi connectivity index (χ1n) is 9.64. The molecule has 0 radical (unpaired) electrons. The lowest BCUT2D eigenvalue weighted by atomic mass is 10.0. The van der Waals surface area contributed by atoms with Gasteiger partial charge in [-0.05, 0) is 61.3 Å². The summed E-state index contributed by atoms with van der Waals surface area (Å²) in [5.74, 6) is -0.0732. The van der Waals surface area contributed by atoms with Crippen molar-refractivity contribution < 1.29 is 18.1 Å². The van der Waals surface area contributed by atoms with Crippen LogP contribution in [0.2, 0.25) is 0 Å². The molecule has 9 nitrogen and oxygen atoms in total. The SMILES string of the molecule is CC1CCN(S(=O)(=O)c2ccc(NC(=S)NC(=O)c3cccc([N+](=O)[O-])c3)cc2)CC1. The van der Waals surface area contributed by atoms with Crippen molar-refractivity contribution >= 4 is 44.6 Å². The van der Waals surface area contributed by atoms with E-state index >= 15 is 0 Å². The zero-order chi connectivity index (χ0) is 22.6. The van der Waals surface area contributed by atoms with Gasteiger partial charge in [0.15, 0.2) is 5.11 Å². The third-order valence-corrected chi connectivity index (χ3v) is 7.16. The van der Waals surface area contributed by atoms with Crippen molar-refractivity contribution in [1.82, 2.24) is 9.62 Å². The number of rotatable bonds is 5. The highest BCUT2D eigenvalue weighted by Crippen LogP contribution is 2.24. The zero-order valence-electron chi connectivity index (χ0n) is 16.8. The van der Waals surface area contributed by atoms with Crippen molar-refractivity contribution in [2.24, 2.45) is 5.92 Å². The summed E-state index contributed by atoms with van der Waals surface area (Å²) in [7, 11) is -3.55. The van der Waals surface area contributed by atoms with Crippen LogP contribution in [-0.4, -0.2) is 41.8 Å². The second-order valence-electron chi connectivity index (χ2n) is 7.33. The smallest absolute Gasteiger partial charge is 0.270 e. The van der Waals surface area contributed by atoms with Crippen molar-refractivity contribution in [3.05, 3.63) is 64.2 Å². The predicted octanol–water partition coefficient (Wildman–Crippen LogP) is 3.14. The highest BCUT2D eigenvalue weighted by molar-refractivity contribution is 7.89. The van der Waals surface area contributed by atoms with Crippen LogP contribution in [0.15, 0.2) is 53.4 Å². The maximum atomic E-state index is 12.8. The number of amides is 1. The molecular formula is C20H22N4O5S2. The summed E-state index contributed by atoms with van der Waals surface area (Å²) in [4.78, 5) is 22.7. The zero-order valence-corrected chi connectivity index (χ0v) is 18.4. The average molecular weight is 463 g/mol. The maximum Gasteiger partial charge on any atom is 0.270 e. The van der Waals surface area contributed by atoms with Gasteiger partial charge < -0.3 is 5.32 Å². The summed E-state index contributed by atoms with van der Waals surface area (Å²) in [6.07, 6.45) is 1.69.